The van der Waals surface area contributed by atoms with E-state index in [0.717, 1.165) is 25.9 Å². The first kappa shape index (κ1) is 24.9. The van der Waals surface area contributed by atoms with E-state index in [2.05, 4.69) is 10.3 Å². The van der Waals surface area contributed by atoms with Crippen molar-refractivity contribution in [3.63, 3.8) is 0 Å². The van der Waals surface area contributed by atoms with E-state index in [-0.39, 0.29) is 23.0 Å². The van der Waals surface area contributed by atoms with E-state index in [0.29, 0.717) is 23.8 Å². The van der Waals surface area contributed by atoms with Crippen LogP contribution in [0.4, 0.5) is 0 Å². The first-order chi connectivity index (χ1) is 16.9. The van der Waals surface area contributed by atoms with Crippen molar-refractivity contribution in [2.24, 2.45) is 11.8 Å². The van der Waals surface area contributed by atoms with E-state index in [4.69, 9.17) is 4.74 Å². The van der Waals surface area contributed by atoms with Crippen molar-refractivity contribution in [3.05, 3.63) is 84.7 Å². The fraction of sp³-hybridized carbons (Fsp3) is 0.308. The smallest absolute Gasteiger partial charge is 0.311 e. The zero-order valence-electron chi connectivity index (χ0n) is 19.3. The number of pyridine rings is 1. The molecule has 4 rings (SSSR count). The average Bonchev–Trinajstić information content (AvgIpc) is 3.69. The van der Waals surface area contributed by atoms with Gasteiger partial charge in [-0.05, 0) is 60.7 Å². The molecular weight excluding hydrogens is 463 g/mol. The Morgan fingerprint density at radius 3 is 2.43 bits per heavy atom. The van der Waals surface area contributed by atoms with Gasteiger partial charge in [0.15, 0.2) is 9.84 Å². The van der Waals surface area contributed by atoms with Crippen LogP contribution in [0.2, 0.25) is 0 Å². The predicted molar refractivity (Wildman–Crippen MR) is 134 cm³/mol. The molecule has 1 aliphatic rings. The number of amides is 1. The third kappa shape index (κ3) is 7.41. The topological polar surface area (TPSA) is 106 Å². The number of nitrogens with zero attached hydrogens (tertiary/aromatic N) is 1. The van der Waals surface area contributed by atoms with Gasteiger partial charge in [-0.15, -0.1) is 0 Å². The number of aromatic nitrogens is 1. The Bertz CT molecular complexity index is 1200. The maximum atomic E-state index is 13.3. The first-order valence-corrected chi connectivity index (χ1v) is 13.3. The fourth-order valence-corrected chi connectivity index (χ4v) is 5.46. The Morgan fingerprint density at radius 1 is 1.06 bits per heavy atom. The molecule has 1 aromatic heterocycles. The molecule has 0 aliphatic heterocycles. The van der Waals surface area contributed by atoms with Crippen LogP contribution in [0.5, 0.6) is 11.5 Å². The summed E-state index contributed by atoms with van der Waals surface area (Å²) in [5.41, 5.74) is 0.870. The molecule has 181 valence electrons. The molecule has 2 atom stereocenters. The summed E-state index contributed by atoms with van der Waals surface area (Å²) in [5, 5.41) is 12.4. The molecule has 3 aromatic rings. The minimum absolute atomic E-state index is 0.116. The molecule has 1 fully saturated rings. The van der Waals surface area contributed by atoms with E-state index in [1.54, 1.807) is 36.7 Å². The summed E-state index contributed by atoms with van der Waals surface area (Å²) in [6.07, 6.45) is 6.31. The van der Waals surface area contributed by atoms with Crippen LogP contribution in [-0.4, -0.2) is 43.5 Å². The van der Waals surface area contributed by atoms with Gasteiger partial charge in [0.1, 0.15) is 11.5 Å². The number of hydrogen-bond donors (Lipinski definition) is 2. The van der Waals surface area contributed by atoms with Crippen LogP contribution in [0, 0.1) is 11.8 Å². The lowest BCUT2D eigenvalue weighted by Gasteiger charge is -2.21. The van der Waals surface area contributed by atoms with Gasteiger partial charge in [0, 0.05) is 12.1 Å². The standard InChI is InChI=1S/C26H28BN2O5S/c30-26(29-25(27-31)16-20-8-9-20)21(15-19-5-2-1-3-6-19)18-35(32,33)24-12-10-22(11-13-24)34-23-7-4-14-28-17-23/h1-7,10-14,17,20-21,25,31H,8-9,15-16,18H2,(H,29,30)/t21-,25+/m1/s1. The second kappa shape index (κ2) is 11.5. The molecule has 0 unspecified atom stereocenters. The van der Waals surface area contributed by atoms with Crippen molar-refractivity contribution in [1.82, 2.24) is 10.3 Å². The van der Waals surface area contributed by atoms with Crippen LogP contribution < -0.4 is 10.1 Å². The molecule has 1 aliphatic carbocycles. The summed E-state index contributed by atoms with van der Waals surface area (Å²) in [7, 11) is -2.78. The molecule has 0 bridgehead atoms. The van der Waals surface area contributed by atoms with Crippen LogP contribution in [0.25, 0.3) is 0 Å². The van der Waals surface area contributed by atoms with Crippen LogP contribution in [0.3, 0.4) is 0 Å². The third-order valence-electron chi connectivity index (χ3n) is 5.96. The molecule has 1 radical (unpaired) electrons. The highest BCUT2D eigenvalue weighted by molar-refractivity contribution is 7.91. The zero-order chi connectivity index (χ0) is 24.7. The van der Waals surface area contributed by atoms with Crippen molar-refractivity contribution in [3.8, 4) is 11.5 Å². The summed E-state index contributed by atoms with van der Waals surface area (Å²) in [5.74, 6) is -0.508. The molecule has 0 saturated heterocycles. The van der Waals surface area contributed by atoms with Crippen LogP contribution in [-0.2, 0) is 21.1 Å². The Balaban J connectivity index is 1.48. The van der Waals surface area contributed by atoms with Crippen LogP contribution >= 0.6 is 0 Å². The lowest BCUT2D eigenvalue weighted by atomic mass is 9.83. The van der Waals surface area contributed by atoms with Gasteiger partial charge in [0.25, 0.3) is 0 Å². The van der Waals surface area contributed by atoms with E-state index in [1.807, 2.05) is 30.3 Å². The highest BCUT2D eigenvalue weighted by Crippen LogP contribution is 2.33. The molecular formula is C26H28BN2O5S. The summed E-state index contributed by atoms with van der Waals surface area (Å²) < 4.78 is 32.2. The molecule has 0 spiro atoms. The largest absolute Gasteiger partial charge is 0.456 e. The van der Waals surface area contributed by atoms with E-state index < -0.39 is 21.7 Å². The van der Waals surface area contributed by atoms with Gasteiger partial charge < -0.3 is 15.1 Å². The third-order valence-corrected chi connectivity index (χ3v) is 7.79. The number of carbonyl (C=O) groups is 1. The lowest BCUT2D eigenvalue weighted by molar-refractivity contribution is -0.124. The molecule has 2 aromatic carbocycles. The minimum atomic E-state index is -3.77. The molecule has 1 heterocycles. The van der Waals surface area contributed by atoms with Gasteiger partial charge in [-0.1, -0.05) is 43.2 Å². The Morgan fingerprint density at radius 2 is 1.80 bits per heavy atom. The summed E-state index contributed by atoms with van der Waals surface area (Å²) in [6, 6.07) is 19.0. The summed E-state index contributed by atoms with van der Waals surface area (Å²) in [4.78, 5) is 17.3. The summed E-state index contributed by atoms with van der Waals surface area (Å²) >= 11 is 0. The number of hydrogen-bond acceptors (Lipinski definition) is 6. The van der Waals surface area contributed by atoms with Gasteiger partial charge in [-0.2, -0.15) is 0 Å². The monoisotopic (exact) mass is 491 g/mol. The lowest BCUT2D eigenvalue weighted by Crippen LogP contribution is -2.45. The highest BCUT2D eigenvalue weighted by atomic mass is 32.2. The number of carbonyl (C=O) groups excluding carboxylic acids is 1. The van der Waals surface area contributed by atoms with Crippen molar-refractivity contribution in [2.75, 3.05) is 5.75 Å². The second-order valence-electron chi connectivity index (χ2n) is 8.87. The van der Waals surface area contributed by atoms with Crippen LogP contribution in [0.1, 0.15) is 24.8 Å². The molecule has 2 N–H and O–H groups in total. The first-order valence-electron chi connectivity index (χ1n) is 11.7. The van der Waals surface area contributed by atoms with E-state index >= 15 is 0 Å². The van der Waals surface area contributed by atoms with E-state index in [9.17, 15) is 18.2 Å². The quantitative estimate of drug-likeness (QED) is 0.377. The number of nitrogens with one attached hydrogen (secondary N) is 1. The minimum Gasteiger partial charge on any atom is -0.456 e. The maximum Gasteiger partial charge on any atom is 0.311 e. The molecule has 1 amide bonds. The predicted octanol–water partition coefficient (Wildman–Crippen LogP) is 3.36. The fourth-order valence-electron chi connectivity index (χ4n) is 3.92. The molecule has 9 heteroatoms. The molecule has 1 saturated carbocycles. The van der Waals surface area contributed by atoms with Crippen molar-refractivity contribution < 1.29 is 23.0 Å². The van der Waals surface area contributed by atoms with Crippen molar-refractivity contribution in [1.29, 1.82) is 0 Å². The summed E-state index contributed by atoms with van der Waals surface area (Å²) in [6.45, 7) is 0. The molecule has 7 nitrogen and oxygen atoms in total. The number of rotatable bonds is 12. The van der Waals surface area contributed by atoms with Gasteiger partial charge in [-0.25, -0.2) is 8.42 Å². The average molecular weight is 491 g/mol. The second-order valence-corrected chi connectivity index (χ2v) is 10.9. The van der Waals surface area contributed by atoms with Gasteiger partial charge >= 0.3 is 7.48 Å². The van der Waals surface area contributed by atoms with Gasteiger partial charge in [0.2, 0.25) is 5.91 Å². The highest BCUT2D eigenvalue weighted by Gasteiger charge is 2.31. The zero-order valence-corrected chi connectivity index (χ0v) is 20.1. The Hall–Kier alpha value is -3.17. The maximum absolute atomic E-state index is 13.3. The van der Waals surface area contributed by atoms with Gasteiger partial charge in [-0.3, -0.25) is 9.78 Å². The number of ether oxygens (including phenoxy) is 1. The number of sulfone groups is 1. The van der Waals surface area contributed by atoms with Crippen LogP contribution in [0.15, 0.2) is 84.0 Å². The Labute approximate surface area is 206 Å². The number of benzene rings is 2. The Kier molecular flexibility index (Phi) is 8.20. The van der Waals surface area contributed by atoms with Crippen molar-refractivity contribution >= 4 is 23.2 Å². The molecule has 35 heavy (non-hydrogen) atoms. The SMILES string of the molecule is O=C(N[C@H]([B]O)CC1CC1)[C@H](Cc1ccccc1)CS(=O)(=O)c1ccc(Oc2cccnc2)cc1. The van der Waals surface area contributed by atoms with Gasteiger partial charge in [0.05, 0.1) is 22.8 Å². The normalized spacial score (nSPS) is 15.1. The van der Waals surface area contributed by atoms with Crippen molar-refractivity contribution in [2.45, 2.75) is 36.5 Å². The van der Waals surface area contributed by atoms with E-state index in [1.165, 1.54) is 12.1 Å².